The van der Waals surface area contributed by atoms with Crippen LogP contribution < -0.4 is 0 Å². The predicted molar refractivity (Wildman–Crippen MR) is 197 cm³/mol. The first kappa shape index (κ1) is 27.1. The van der Waals surface area contributed by atoms with Gasteiger partial charge in [-0.2, -0.15) is 10.5 Å². The summed E-state index contributed by atoms with van der Waals surface area (Å²) in [6.45, 7) is 0. The average molecular weight is 625 g/mol. The van der Waals surface area contributed by atoms with Crippen LogP contribution in [-0.4, -0.2) is 9.13 Å². The van der Waals surface area contributed by atoms with E-state index < -0.39 is 0 Å². The van der Waals surface area contributed by atoms with E-state index in [1.54, 1.807) is 0 Å². The average Bonchev–Trinajstić information content (AvgIpc) is 3.82. The van der Waals surface area contributed by atoms with Gasteiger partial charge in [-0.1, -0.05) is 84.9 Å². The molecule has 5 heteroatoms. The van der Waals surface area contributed by atoms with E-state index in [9.17, 15) is 10.5 Å². The highest BCUT2D eigenvalue weighted by Gasteiger charge is 2.23. The highest BCUT2D eigenvalue weighted by atomic mass is 16.3. The van der Waals surface area contributed by atoms with E-state index in [-0.39, 0.29) is 0 Å². The third-order valence-electron chi connectivity index (χ3n) is 9.75. The van der Waals surface area contributed by atoms with Crippen LogP contribution in [0.2, 0.25) is 0 Å². The number of nitrogens with zero attached hydrogens (tertiary/aromatic N) is 4. The van der Waals surface area contributed by atoms with Gasteiger partial charge in [0, 0.05) is 38.2 Å². The van der Waals surface area contributed by atoms with Gasteiger partial charge >= 0.3 is 0 Å². The molecule has 0 saturated heterocycles. The zero-order chi connectivity index (χ0) is 32.6. The van der Waals surface area contributed by atoms with Gasteiger partial charge in [0.2, 0.25) is 0 Å². The summed E-state index contributed by atoms with van der Waals surface area (Å²) in [5.41, 5.74) is 10.1. The highest BCUT2D eigenvalue weighted by Crippen LogP contribution is 2.44. The second kappa shape index (κ2) is 10.2. The van der Waals surface area contributed by atoms with Crippen molar-refractivity contribution in [3.8, 4) is 34.6 Å². The summed E-state index contributed by atoms with van der Waals surface area (Å²) >= 11 is 0. The molecule has 0 radical (unpaired) electrons. The summed E-state index contributed by atoms with van der Waals surface area (Å²) in [4.78, 5) is 0. The molecule has 0 fully saturated rings. The summed E-state index contributed by atoms with van der Waals surface area (Å²) in [6.07, 6.45) is 0. The molecule has 0 spiro atoms. The Morgan fingerprint density at radius 3 is 1.82 bits per heavy atom. The summed E-state index contributed by atoms with van der Waals surface area (Å²) < 4.78 is 10.8. The standard InChI is InChI=1S/C44H24N4O/c45-25-27-22-29(24-30(23-27)47-37-16-5-1-11-32(37)33-12-2-6-17-38(33)47)31-15-9-10-28(26-46)43(31)48-39-18-7-3-13-34(39)35-20-21-41-42(44(35)48)36-14-4-8-19-40(36)49-41/h1-24H. The molecule has 0 saturated carbocycles. The lowest BCUT2D eigenvalue weighted by Gasteiger charge is -2.18. The van der Waals surface area contributed by atoms with Crippen molar-refractivity contribution in [3.63, 3.8) is 0 Å². The molecule has 3 aromatic heterocycles. The van der Waals surface area contributed by atoms with Crippen molar-refractivity contribution < 1.29 is 4.42 Å². The molecule has 0 amide bonds. The molecule has 0 aliphatic heterocycles. The second-order valence-corrected chi connectivity index (χ2v) is 12.3. The van der Waals surface area contributed by atoms with E-state index in [2.05, 4.69) is 100 Å². The van der Waals surface area contributed by atoms with Crippen molar-refractivity contribution in [3.05, 3.63) is 157 Å². The third-order valence-corrected chi connectivity index (χ3v) is 9.75. The second-order valence-electron chi connectivity index (χ2n) is 12.3. The molecule has 5 nitrogen and oxygen atoms in total. The smallest absolute Gasteiger partial charge is 0.137 e. The number of furan rings is 1. The number of nitriles is 2. The van der Waals surface area contributed by atoms with Crippen LogP contribution in [0, 0.1) is 22.7 Å². The first-order valence-corrected chi connectivity index (χ1v) is 16.1. The molecule has 3 heterocycles. The normalized spacial score (nSPS) is 11.6. The van der Waals surface area contributed by atoms with Crippen LogP contribution in [0.4, 0.5) is 0 Å². The minimum absolute atomic E-state index is 0.533. The van der Waals surface area contributed by atoms with Gasteiger partial charge in [0.25, 0.3) is 0 Å². The lowest BCUT2D eigenvalue weighted by atomic mass is 9.97. The lowest BCUT2D eigenvalue weighted by Crippen LogP contribution is -2.02. The Morgan fingerprint density at radius 2 is 1.12 bits per heavy atom. The van der Waals surface area contributed by atoms with Gasteiger partial charge in [0.15, 0.2) is 0 Å². The molecule has 10 rings (SSSR count). The van der Waals surface area contributed by atoms with Crippen molar-refractivity contribution in [1.29, 1.82) is 10.5 Å². The SMILES string of the molecule is N#Cc1cc(-c2cccc(C#N)c2-n2c3ccccc3c3ccc4oc5ccccc5c4c32)cc(-n2c3ccccc3c3ccccc32)c1. The fourth-order valence-corrected chi connectivity index (χ4v) is 7.77. The zero-order valence-electron chi connectivity index (χ0n) is 26.1. The van der Waals surface area contributed by atoms with E-state index in [0.29, 0.717) is 11.1 Å². The maximum absolute atomic E-state index is 10.7. The van der Waals surface area contributed by atoms with Gasteiger partial charge < -0.3 is 13.6 Å². The summed E-state index contributed by atoms with van der Waals surface area (Å²) in [7, 11) is 0. The summed E-state index contributed by atoms with van der Waals surface area (Å²) in [6, 6.07) is 54.1. The minimum atomic E-state index is 0.533. The maximum atomic E-state index is 10.7. The van der Waals surface area contributed by atoms with Crippen molar-refractivity contribution in [2.45, 2.75) is 0 Å². The quantitative estimate of drug-likeness (QED) is 0.196. The molecule has 0 aliphatic rings. The highest BCUT2D eigenvalue weighted by molar-refractivity contribution is 6.24. The number of para-hydroxylation sites is 5. The first-order valence-electron chi connectivity index (χ1n) is 16.1. The van der Waals surface area contributed by atoms with E-state index in [0.717, 1.165) is 88.1 Å². The number of rotatable bonds is 3. The van der Waals surface area contributed by atoms with E-state index >= 15 is 0 Å². The van der Waals surface area contributed by atoms with Gasteiger partial charge in [-0.15, -0.1) is 0 Å². The van der Waals surface area contributed by atoms with Crippen LogP contribution in [0.3, 0.4) is 0 Å². The van der Waals surface area contributed by atoms with Crippen LogP contribution in [0.1, 0.15) is 11.1 Å². The Labute approximate surface area is 280 Å². The van der Waals surface area contributed by atoms with Crippen molar-refractivity contribution in [2.75, 3.05) is 0 Å². The summed E-state index contributed by atoms with van der Waals surface area (Å²) in [5, 5.41) is 27.5. The Bertz CT molecular complexity index is 3030. The van der Waals surface area contributed by atoms with Gasteiger partial charge in [0.1, 0.15) is 17.2 Å². The summed E-state index contributed by atoms with van der Waals surface area (Å²) in [5.74, 6) is 0. The molecule has 0 unspecified atom stereocenters. The number of hydrogen-bond acceptors (Lipinski definition) is 3. The number of hydrogen-bond donors (Lipinski definition) is 0. The molecule has 0 bridgehead atoms. The number of benzene rings is 7. The Kier molecular flexibility index (Phi) is 5.64. The molecule has 0 N–H and O–H groups in total. The largest absolute Gasteiger partial charge is 0.456 e. The monoisotopic (exact) mass is 624 g/mol. The van der Waals surface area contributed by atoms with Crippen LogP contribution >= 0.6 is 0 Å². The molecule has 10 aromatic rings. The first-order chi connectivity index (χ1) is 24.2. The predicted octanol–water partition coefficient (Wildman–Crippen LogP) is 11.2. The molecular formula is C44H24N4O. The van der Waals surface area contributed by atoms with Gasteiger partial charge in [-0.05, 0) is 66.2 Å². The van der Waals surface area contributed by atoms with Crippen molar-refractivity contribution in [2.24, 2.45) is 0 Å². The molecule has 0 atom stereocenters. The third kappa shape index (κ3) is 3.79. The van der Waals surface area contributed by atoms with E-state index in [1.807, 2.05) is 66.7 Å². The molecular weight excluding hydrogens is 601 g/mol. The zero-order valence-corrected chi connectivity index (χ0v) is 26.1. The van der Waals surface area contributed by atoms with Gasteiger partial charge in [-0.3, -0.25) is 0 Å². The topological polar surface area (TPSA) is 70.6 Å². The van der Waals surface area contributed by atoms with Crippen molar-refractivity contribution >= 4 is 65.6 Å². The Morgan fingerprint density at radius 1 is 0.490 bits per heavy atom. The molecule has 0 aliphatic carbocycles. The van der Waals surface area contributed by atoms with E-state index in [4.69, 9.17) is 4.42 Å². The van der Waals surface area contributed by atoms with E-state index in [1.165, 1.54) is 0 Å². The minimum Gasteiger partial charge on any atom is -0.456 e. The van der Waals surface area contributed by atoms with Crippen molar-refractivity contribution in [1.82, 2.24) is 9.13 Å². The number of aromatic nitrogens is 2. The van der Waals surface area contributed by atoms with Gasteiger partial charge in [0.05, 0.1) is 50.3 Å². The van der Waals surface area contributed by atoms with Gasteiger partial charge in [-0.25, -0.2) is 0 Å². The molecule has 49 heavy (non-hydrogen) atoms. The fourth-order valence-electron chi connectivity index (χ4n) is 7.77. The Hall–Kier alpha value is -7.08. The maximum Gasteiger partial charge on any atom is 0.137 e. The molecule has 7 aromatic carbocycles. The Balaban J connectivity index is 1.34. The fraction of sp³-hybridized carbons (Fsp3) is 0. The van der Waals surface area contributed by atoms with Crippen LogP contribution in [-0.2, 0) is 0 Å². The van der Waals surface area contributed by atoms with Crippen LogP contribution in [0.5, 0.6) is 0 Å². The van der Waals surface area contributed by atoms with Crippen LogP contribution in [0.15, 0.2) is 150 Å². The molecule has 226 valence electrons. The lowest BCUT2D eigenvalue weighted by molar-refractivity contribution is 0.669. The number of fused-ring (bicyclic) bond motifs is 10. The van der Waals surface area contributed by atoms with Crippen LogP contribution in [0.25, 0.3) is 88.1 Å².